The Kier molecular flexibility index (Phi) is 2.08. The molecule has 1 aliphatic rings. The summed E-state index contributed by atoms with van der Waals surface area (Å²) >= 11 is 0. The molecule has 2 N–H and O–H groups in total. The molecule has 0 aromatic heterocycles. The van der Waals surface area contributed by atoms with Crippen LogP contribution in [0.3, 0.4) is 0 Å². The van der Waals surface area contributed by atoms with Gasteiger partial charge >= 0.3 is 0 Å². The summed E-state index contributed by atoms with van der Waals surface area (Å²) in [7, 11) is 0. The highest BCUT2D eigenvalue weighted by Gasteiger charge is 2.19. The summed E-state index contributed by atoms with van der Waals surface area (Å²) in [5.74, 6) is 0.205. The molecule has 2 nitrogen and oxygen atoms in total. The van der Waals surface area contributed by atoms with Gasteiger partial charge in [-0.05, 0) is 25.3 Å². The van der Waals surface area contributed by atoms with E-state index in [1.165, 1.54) is 18.6 Å². The van der Waals surface area contributed by atoms with Gasteiger partial charge in [0.25, 0.3) is 0 Å². The van der Waals surface area contributed by atoms with Crippen molar-refractivity contribution >= 4 is 5.69 Å². The van der Waals surface area contributed by atoms with E-state index in [1.807, 2.05) is 0 Å². The zero-order valence-corrected chi connectivity index (χ0v) is 7.29. The van der Waals surface area contributed by atoms with Crippen molar-refractivity contribution in [3.05, 3.63) is 24.0 Å². The molecule has 0 amide bonds. The van der Waals surface area contributed by atoms with Gasteiger partial charge < -0.3 is 10.5 Å². The molecule has 0 spiro atoms. The van der Waals surface area contributed by atoms with E-state index in [4.69, 9.17) is 10.5 Å². The van der Waals surface area contributed by atoms with E-state index in [1.54, 1.807) is 6.07 Å². The Morgan fingerprint density at radius 3 is 2.62 bits per heavy atom. The van der Waals surface area contributed by atoms with Crippen LogP contribution in [0.1, 0.15) is 19.3 Å². The summed E-state index contributed by atoms with van der Waals surface area (Å²) in [6.45, 7) is 0. The number of hydrogen-bond acceptors (Lipinski definition) is 2. The van der Waals surface area contributed by atoms with Gasteiger partial charge in [0, 0.05) is 17.8 Å². The minimum Gasteiger partial charge on any atom is -0.490 e. The first kappa shape index (κ1) is 8.35. The molecule has 1 aliphatic carbocycles. The molecule has 13 heavy (non-hydrogen) atoms. The molecular weight excluding hydrogens is 169 g/mol. The van der Waals surface area contributed by atoms with Crippen LogP contribution >= 0.6 is 0 Å². The predicted molar refractivity (Wildman–Crippen MR) is 49.1 cm³/mol. The van der Waals surface area contributed by atoms with Gasteiger partial charge in [0.1, 0.15) is 11.6 Å². The minimum atomic E-state index is -0.339. The SMILES string of the molecule is Nc1cc(F)cc(OC2CCC2)c1. The Balaban J connectivity index is 2.10. The predicted octanol–water partition coefficient (Wildman–Crippen LogP) is 2.34. The molecule has 0 unspecified atom stereocenters. The molecule has 0 atom stereocenters. The number of benzene rings is 1. The second-order valence-corrected chi connectivity index (χ2v) is 3.39. The molecule has 70 valence electrons. The van der Waals surface area contributed by atoms with Crippen molar-refractivity contribution in [2.24, 2.45) is 0 Å². The number of rotatable bonds is 2. The normalized spacial score (nSPS) is 16.7. The standard InChI is InChI=1S/C10H12FNO/c11-7-4-8(12)6-10(5-7)13-9-2-1-3-9/h4-6,9H,1-3,12H2. The third-order valence-electron chi connectivity index (χ3n) is 2.25. The lowest BCUT2D eigenvalue weighted by Crippen LogP contribution is -2.24. The molecule has 0 saturated heterocycles. The largest absolute Gasteiger partial charge is 0.490 e. The van der Waals surface area contributed by atoms with Crippen molar-refractivity contribution in [2.45, 2.75) is 25.4 Å². The summed E-state index contributed by atoms with van der Waals surface area (Å²) in [6, 6.07) is 4.31. The highest BCUT2D eigenvalue weighted by molar-refractivity contribution is 5.44. The van der Waals surface area contributed by atoms with Crippen LogP contribution in [0.2, 0.25) is 0 Å². The maximum Gasteiger partial charge on any atom is 0.128 e. The number of anilines is 1. The number of nitrogens with two attached hydrogens (primary N) is 1. The van der Waals surface area contributed by atoms with Crippen LogP contribution in [-0.4, -0.2) is 6.10 Å². The average molecular weight is 181 g/mol. The molecule has 1 aromatic carbocycles. The first-order valence-corrected chi connectivity index (χ1v) is 4.47. The Hall–Kier alpha value is -1.25. The molecule has 1 saturated carbocycles. The van der Waals surface area contributed by atoms with E-state index in [0.29, 0.717) is 11.4 Å². The van der Waals surface area contributed by atoms with Crippen LogP contribution in [0, 0.1) is 5.82 Å². The molecular formula is C10H12FNO. The first-order chi connectivity index (χ1) is 6.24. The van der Waals surface area contributed by atoms with Crippen molar-refractivity contribution < 1.29 is 9.13 Å². The van der Waals surface area contributed by atoms with Crippen molar-refractivity contribution in [1.82, 2.24) is 0 Å². The quantitative estimate of drug-likeness (QED) is 0.711. The maximum atomic E-state index is 12.8. The number of hydrogen-bond donors (Lipinski definition) is 1. The summed E-state index contributed by atoms with van der Waals surface area (Å²) in [6.07, 6.45) is 3.60. The van der Waals surface area contributed by atoms with Gasteiger partial charge in [-0.3, -0.25) is 0 Å². The fourth-order valence-electron chi connectivity index (χ4n) is 1.33. The monoisotopic (exact) mass is 181 g/mol. The molecule has 0 bridgehead atoms. The Labute approximate surface area is 76.5 Å². The minimum absolute atomic E-state index is 0.265. The summed E-state index contributed by atoms with van der Waals surface area (Å²) in [5.41, 5.74) is 5.89. The molecule has 2 rings (SSSR count). The van der Waals surface area contributed by atoms with E-state index in [9.17, 15) is 4.39 Å². The third kappa shape index (κ3) is 1.91. The first-order valence-electron chi connectivity index (χ1n) is 4.47. The van der Waals surface area contributed by atoms with Gasteiger partial charge in [-0.2, -0.15) is 0 Å². The van der Waals surface area contributed by atoms with Crippen LogP contribution in [0.25, 0.3) is 0 Å². The molecule has 1 aromatic rings. The Morgan fingerprint density at radius 2 is 2.08 bits per heavy atom. The number of halogens is 1. The second-order valence-electron chi connectivity index (χ2n) is 3.39. The lowest BCUT2D eigenvalue weighted by molar-refractivity contribution is 0.120. The van der Waals surface area contributed by atoms with Crippen LogP contribution < -0.4 is 10.5 Å². The smallest absolute Gasteiger partial charge is 0.128 e. The van der Waals surface area contributed by atoms with E-state index in [-0.39, 0.29) is 11.9 Å². The van der Waals surface area contributed by atoms with Crippen molar-refractivity contribution in [1.29, 1.82) is 0 Å². The van der Waals surface area contributed by atoms with E-state index >= 15 is 0 Å². The van der Waals surface area contributed by atoms with Crippen molar-refractivity contribution in [3.63, 3.8) is 0 Å². The third-order valence-corrected chi connectivity index (χ3v) is 2.25. The summed E-state index contributed by atoms with van der Waals surface area (Å²) in [5, 5.41) is 0. The molecule has 1 fully saturated rings. The van der Waals surface area contributed by atoms with Gasteiger partial charge in [0.2, 0.25) is 0 Å². The summed E-state index contributed by atoms with van der Waals surface area (Å²) in [4.78, 5) is 0. The fraction of sp³-hybridized carbons (Fsp3) is 0.400. The van der Waals surface area contributed by atoms with Crippen LogP contribution in [0.5, 0.6) is 5.75 Å². The Bertz CT molecular complexity index is 290. The number of nitrogen functional groups attached to an aromatic ring is 1. The van der Waals surface area contributed by atoms with Gasteiger partial charge in [-0.25, -0.2) is 4.39 Å². The zero-order chi connectivity index (χ0) is 9.26. The van der Waals surface area contributed by atoms with Crippen LogP contribution in [0.4, 0.5) is 10.1 Å². The molecule has 0 radical (unpaired) electrons. The maximum absolute atomic E-state index is 12.8. The molecule has 0 heterocycles. The highest BCUT2D eigenvalue weighted by Crippen LogP contribution is 2.26. The van der Waals surface area contributed by atoms with Crippen LogP contribution in [0.15, 0.2) is 18.2 Å². The van der Waals surface area contributed by atoms with Crippen LogP contribution in [-0.2, 0) is 0 Å². The lowest BCUT2D eigenvalue weighted by Gasteiger charge is -2.26. The molecule has 3 heteroatoms. The Morgan fingerprint density at radius 1 is 1.31 bits per heavy atom. The average Bonchev–Trinajstić information content (AvgIpc) is 1.95. The second kappa shape index (κ2) is 3.24. The lowest BCUT2D eigenvalue weighted by atomic mass is 9.96. The van der Waals surface area contributed by atoms with E-state index < -0.39 is 0 Å². The molecule has 0 aliphatic heterocycles. The summed E-state index contributed by atoms with van der Waals surface area (Å²) < 4.78 is 18.3. The van der Waals surface area contributed by atoms with Gasteiger partial charge in [0.05, 0.1) is 6.10 Å². The van der Waals surface area contributed by atoms with Crippen molar-refractivity contribution in [2.75, 3.05) is 5.73 Å². The zero-order valence-electron chi connectivity index (χ0n) is 7.29. The topological polar surface area (TPSA) is 35.2 Å². The van der Waals surface area contributed by atoms with E-state index in [2.05, 4.69) is 0 Å². The van der Waals surface area contributed by atoms with Gasteiger partial charge in [0.15, 0.2) is 0 Å². The van der Waals surface area contributed by atoms with Gasteiger partial charge in [-0.15, -0.1) is 0 Å². The van der Waals surface area contributed by atoms with Gasteiger partial charge in [-0.1, -0.05) is 0 Å². The highest BCUT2D eigenvalue weighted by atomic mass is 19.1. The fourth-order valence-corrected chi connectivity index (χ4v) is 1.33. The van der Waals surface area contributed by atoms with E-state index in [0.717, 1.165) is 12.8 Å². The van der Waals surface area contributed by atoms with Crippen molar-refractivity contribution in [3.8, 4) is 5.75 Å². The number of ether oxygens (including phenoxy) is 1.